The first-order valence-electron chi connectivity index (χ1n) is 15.4. The van der Waals surface area contributed by atoms with Crippen molar-refractivity contribution in [1.82, 2.24) is 19.9 Å². The molecule has 1 N–H and O–H groups in total. The Bertz CT molecular complexity index is 1830. The van der Waals surface area contributed by atoms with Crippen LogP contribution in [0.4, 0.5) is 10.7 Å². The van der Waals surface area contributed by atoms with Crippen LogP contribution in [-0.2, 0) is 20.3 Å². The van der Waals surface area contributed by atoms with Crippen LogP contribution in [0.3, 0.4) is 0 Å². The number of pyridine rings is 1. The van der Waals surface area contributed by atoms with Crippen molar-refractivity contribution in [2.75, 3.05) is 18.4 Å². The second-order valence-electron chi connectivity index (χ2n) is 12.9. The van der Waals surface area contributed by atoms with Crippen LogP contribution in [0.15, 0.2) is 60.9 Å². The van der Waals surface area contributed by atoms with Gasteiger partial charge in [-0.05, 0) is 88.1 Å². The molecule has 6 rings (SSSR count). The average molecular weight is 630 g/mol. The van der Waals surface area contributed by atoms with E-state index in [0.29, 0.717) is 41.9 Å². The number of hydrogen-bond donors (Lipinski definition) is 1. The minimum absolute atomic E-state index is 0.0135. The molecule has 0 spiro atoms. The molecule has 1 aliphatic carbocycles. The zero-order valence-corrected chi connectivity index (χ0v) is 26.9. The van der Waals surface area contributed by atoms with Gasteiger partial charge in [-0.1, -0.05) is 30.3 Å². The van der Waals surface area contributed by atoms with E-state index in [0.717, 1.165) is 47.6 Å². The Morgan fingerprint density at radius 3 is 2.60 bits per heavy atom. The zero-order chi connectivity index (χ0) is 31.8. The molecule has 2 fully saturated rings. The van der Waals surface area contributed by atoms with Crippen LogP contribution in [0.5, 0.6) is 11.6 Å². The van der Waals surface area contributed by atoms with E-state index in [9.17, 15) is 13.2 Å². The van der Waals surface area contributed by atoms with E-state index in [4.69, 9.17) is 14.5 Å². The number of carbonyl (C=O) groups is 1. The van der Waals surface area contributed by atoms with Gasteiger partial charge in [-0.15, -0.1) is 0 Å². The van der Waals surface area contributed by atoms with Crippen molar-refractivity contribution in [3.63, 3.8) is 0 Å². The number of ether oxygens (including phenoxy) is 2. The smallest absolute Gasteiger partial charge is 0.410 e. The molecule has 1 saturated heterocycles. The van der Waals surface area contributed by atoms with E-state index in [1.54, 1.807) is 23.4 Å². The number of nitrogens with zero attached hydrogens (tertiary/aromatic N) is 4. The zero-order valence-electron chi connectivity index (χ0n) is 26.1. The SMILES string of the molecule is Cc1ccc2c(CS(=O)(=O)C3CC3)cccc2c1Oc1ncccc1-c1ccnc(N[C@H]2CCCN(C(=O)OC(C)(C)C)C2)n1. The third-order valence-electron chi connectivity index (χ3n) is 8.00. The molecule has 2 aliphatic rings. The van der Waals surface area contributed by atoms with E-state index >= 15 is 0 Å². The Hall–Kier alpha value is -4.25. The quantitative estimate of drug-likeness (QED) is 0.227. The number of amides is 1. The van der Waals surface area contributed by atoms with Gasteiger partial charge >= 0.3 is 6.09 Å². The van der Waals surface area contributed by atoms with Crippen LogP contribution in [-0.4, -0.2) is 64.3 Å². The number of likely N-dealkylation sites (tertiary alicyclic amines) is 1. The fourth-order valence-corrected chi connectivity index (χ4v) is 7.41. The predicted octanol–water partition coefficient (Wildman–Crippen LogP) is 6.68. The summed E-state index contributed by atoms with van der Waals surface area (Å²) in [5.41, 5.74) is 2.43. The van der Waals surface area contributed by atoms with Crippen LogP contribution in [0.2, 0.25) is 0 Å². The molecule has 1 saturated carbocycles. The van der Waals surface area contributed by atoms with Gasteiger partial charge in [0.1, 0.15) is 11.4 Å². The summed E-state index contributed by atoms with van der Waals surface area (Å²) < 4.78 is 37.7. The number of carbonyl (C=O) groups excluding carboxylic acids is 1. The van der Waals surface area contributed by atoms with Crippen LogP contribution >= 0.6 is 0 Å². The summed E-state index contributed by atoms with van der Waals surface area (Å²) in [6, 6.07) is 15.1. The highest BCUT2D eigenvalue weighted by atomic mass is 32.2. The van der Waals surface area contributed by atoms with E-state index in [1.807, 2.05) is 70.2 Å². The Labute approximate surface area is 264 Å². The molecule has 1 atom stereocenters. The highest BCUT2D eigenvalue weighted by Crippen LogP contribution is 2.39. The van der Waals surface area contributed by atoms with Crippen LogP contribution < -0.4 is 10.1 Å². The number of rotatable bonds is 8. The van der Waals surface area contributed by atoms with E-state index < -0.39 is 15.4 Å². The summed E-state index contributed by atoms with van der Waals surface area (Å²) in [5.74, 6) is 1.46. The number of benzene rings is 2. The topological polar surface area (TPSA) is 124 Å². The number of hydrogen-bond acceptors (Lipinski definition) is 9. The molecule has 4 aromatic rings. The molecular weight excluding hydrogens is 590 g/mol. The molecule has 45 heavy (non-hydrogen) atoms. The number of aryl methyl sites for hydroxylation is 1. The third-order valence-corrected chi connectivity index (χ3v) is 10.2. The lowest BCUT2D eigenvalue weighted by atomic mass is 10.0. The predicted molar refractivity (Wildman–Crippen MR) is 174 cm³/mol. The van der Waals surface area contributed by atoms with Gasteiger partial charge in [0.25, 0.3) is 0 Å². The van der Waals surface area contributed by atoms with Gasteiger partial charge in [0.05, 0.1) is 22.3 Å². The Balaban J connectivity index is 1.24. The minimum Gasteiger partial charge on any atom is -0.444 e. The van der Waals surface area contributed by atoms with Crippen molar-refractivity contribution in [1.29, 1.82) is 0 Å². The summed E-state index contributed by atoms with van der Waals surface area (Å²) in [6.45, 7) is 8.69. The molecule has 1 aliphatic heterocycles. The fraction of sp³-hybridized carbons (Fsp3) is 0.412. The van der Waals surface area contributed by atoms with Crippen LogP contribution in [0.1, 0.15) is 57.6 Å². The summed E-state index contributed by atoms with van der Waals surface area (Å²) in [5, 5.41) is 4.85. The van der Waals surface area contributed by atoms with Crippen molar-refractivity contribution in [2.45, 2.75) is 76.0 Å². The standard InChI is InChI=1S/C34H39N5O5S/c1-22-12-15-26-23(21-45(41,42)25-13-14-25)8-5-10-27(26)30(22)43-31-28(11-6-17-35-31)29-16-18-36-32(38-29)37-24-9-7-19-39(20-24)33(40)44-34(2,3)4/h5-6,8,10-12,15-18,24-25H,7,9,13-14,19-21H2,1-4H3,(H,36,37,38)/t24-/m0/s1. The second kappa shape index (κ2) is 12.3. The third kappa shape index (κ3) is 7.19. The molecule has 0 radical (unpaired) electrons. The molecule has 10 nitrogen and oxygen atoms in total. The lowest BCUT2D eigenvalue weighted by Gasteiger charge is -2.34. The highest BCUT2D eigenvalue weighted by Gasteiger charge is 2.36. The number of aromatic nitrogens is 3. The van der Waals surface area contributed by atoms with Gasteiger partial charge in [-0.2, -0.15) is 0 Å². The minimum atomic E-state index is -3.18. The maximum Gasteiger partial charge on any atom is 0.410 e. The number of fused-ring (bicyclic) bond motifs is 1. The summed E-state index contributed by atoms with van der Waals surface area (Å²) in [4.78, 5) is 28.2. The Morgan fingerprint density at radius 1 is 1.00 bits per heavy atom. The maximum absolute atomic E-state index is 12.8. The van der Waals surface area contributed by atoms with Crippen molar-refractivity contribution in [3.05, 3.63) is 72.1 Å². The molecule has 1 amide bonds. The van der Waals surface area contributed by atoms with Gasteiger partial charge in [0.2, 0.25) is 11.8 Å². The van der Waals surface area contributed by atoms with Gasteiger partial charge < -0.3 is 19.7 Å². The van der Waals surface area contributed by atoms with E-state index in [1.165, 1.54) is 0 Å². The highest BCUT2D eigenvalue weighted by molar-refractivity contribution is 7.91. The number of nitrogens with one attached hydrogen (secondary N) is 1. The molecule has 11 heteroatoms. The number of sulfone groups is 1. The van der Waals surface area contributed by atoms with Crippen molar-refractivity contribution < 1.29 is 22.7 Å². The molecule has 0 bridgehead atoms. The summed E-state index contributed by atoms with van der Waals surface area (Å²) in [7, 11) is -3.18. The largest absolute Gasteiger partial charge is 0.444 e. The first-order chi connectivity index (χ1) is 21.5. The summed E-state index contributed by atoms with van der Waals surface area (Å²) in [6.07, 6.45) is 6.24. The molecule has 236 valence electrons. The fourth-order valence-electron chi connectivity index (χ4n) is 5.64. The molecule has 2 aromatic heterocycles. The molecule has 2 aromatic carbocycles. The van der Waals surface area contributed by atoms with E-state index in [2.05, 4.69) is 15.3 Å². The lowest BCUT2D eigenvalue weighted by molar-refractivity contribution is 0.0206. The van der Waals surface area contributed by atoms with Gasteiger partial charge in [0, 0.05) is 36.9 Å². The summed E-state index contributed by atoms with van der Waals surface area (Å²) >= 11 is 0. The van der Waals surface area contributed by atoms with Gasteiger partial charge in [-0.3, -0.25) is 0 Å². The van der Waals surface area contributed by atoms with Crippen molar-refractivity contribution >= 4 is 32.7 Å². The monoisotopic (exact) mass is 629 g/mol. The number of piperidine rings is 1. The molecule has 0 unspecified atom stereocenters. The first-order valence-corrected chi connectivity index (χ1v) is 17.1. The normalized spacial score (nSPS) is 17.2. The van der Waals surface area contributed by atoms with Crippen LogP contribution in [0, 0.1) is 6.92 Å². The second-order valence-corrected chi connectivity index (χ2v) is 15.1. The van der Waals surface area contributed by atoms with Gasteiger partial charge in [0.15, 0.2) is 9.84 Å². The average Bonchev–Trinajstić information content (AvgIpc) is 3.85. The Morgan fingerprint density at radius 2 is 1.82 bits per heavy atom. The van der Waals surface area contributed by atoms with Crippen LogP contribution in [0.25, 0.3) is 22.0 Å². The molecule has 3 heterocycles. The van der Waals surface area contributed by atoms with Crippen molar-refractivity contribution in [2.24, 2.45) is 0 Å². The maximum atomic E-state index is 12.8. The lowest BCUT2D eigenvalue weighted by Crippen LogP contribution is -2.47. The first kappa shape index (κ1) is 30.8. The van der Waals surface area contributed by atoms with Crippen molar-refractivity contribution in [3.8, 4) is 22.9 Å². The number of anilines is 1. The Kier molecular flexibility index (Phi) is 8.39. The van der Waals surface area contributed by atoms with E-state index in [-0.39, 0.29) is 23.1 Å². The van der Waals surface area contributed by atoms with Gasteiger partial charge in [-0.25, -0.2) is 28.2 Å². The molecular formula is C34H39N5O5S.